The van der Waals surface area contributed by atoms with E-state index in [4.69, 9.17) is 14.6 Å². The Labute approximate surface area is 151 Å². The van der Waals surface area contributed by atoms with Crippen molar-refractivity contribution in [1.82, 2.24) is 5.32 Å². The molecule has 2 unspecified atom stereocenters. The van der Waals surface area contributed by atoms with Crippen LogP contribution in [0.3, 0.4) is 0 Å². The summed E-state index contributed by atoms with van der Waals surface area (Å²) in [5.74, 6) is -1.26. The van der Waals surface area contributed by atoms with Crippen LogP contribution in [-0.2, 0) is 19.1 Å². The standard InChI is InChI=1S/C18H22N2O6/c1-25-14-4-2-13(3-5-14)20-10-12(8-15(20)21)17(24)19-18(9-16(22)23)6-7-26-11-18/h2-5,12H,6-11H2,1H3,(H,19,24)(H,22,23). The lowest BCUT2D eigenvalue weighted by atomic mass is 9.93. The largest absolute Gasteiger partial charge is 0.497 e. The number of carboxylic acids is 1. The molecule has 2 aliphatic heterocycles. The van der Waals surface area contributed by atoms with Gasteiger partial charge in [0.2, 0.25) is 11.8 Å². The molecule has 0 aromatic heterocycles. The first-order chi connectivity index (χ1) is 12.4. The van der Waals surface area contributed by atoms with Crippen molar-refractivity contribution in [3.63, 3.8) is 0 Å². The molecule has 2 fully saturated rings. The number of benzene rings is 1. The Kier molecular flexibility index (Phi) is 5.13. The lowest BCUT2D eigenvalue weighted by Crippen LogP contribution is -2.52. The van der Waals surface area contributed by atoms with E-state index in [0.717, 1.165) is 0 Å². The number of nitrogens with one attached hydrogen (secondary N) is 1. The van der Waals surface area contributed by atoms with Crippen LogP contribution in [0.15, 0.2) is 24.3 Å². The topological polar surface area (TPSA) is 105 Å². The summed E-state index contributed by atoms with van der Waals surface area (Å²) in [6.07, 6.45) is 0.359. The van der Waals surface area contributed by atoms with Crippen LogP contribution in [0.5, 0.6) is 5.75 Å². The molecule has 2 heterocycles. The normalized spacial score (nSPS) is 25.3. The third-order valence-electron chi connectivity index (χ3n) is 4.86. The molecule has 0 radical (unpaired) electrons. The number of nitrogens with zero attached hydrogens (tertiary/aromatic N) is 1. The summed E-state index contributed by atoms with van der Waals surface area (Å²) in [5, 5.41) is 11.9. The maximum Gasteiger partial charge on any atom is 0.305 e. The van der Waals surface area contributed by atoms with Gasteiger partial charge in [0, 0.05) is 25.3 Å². The van der Waals surface area contributed by atoms with Crippen LogP contribution in [0, 0.1) is 5.92 Å². The van der Waals surface area contributed by atoms with Crippen molar-refractivity contribution in [1.29, 1.82) is 0 Å². The van der Waals surface area contributed by atoms with Gasteiger partial charge in [0.1, 0.15) is 5.75 Å². The molecular formula is C18H22N2O6. The van der Waals surface area contributed by atoms with Gasteiger partial charge in [0.25, 0.3) is 0 Å². The molecule has 0 spiro atoms. The Morgan fingerprint density at radius 1 is 1.38 bits per heavy atom. The molecule has 140 valence electrons. The number of anilines is 1. The van der Waals surface area contributed by atoms with Gasteiger partial charge in [-0.1, -0.05) is 0 Å². The predicted octanol–water partition coefficient (Wildman–Crippen LogP) is 0.798. The van der Waals surface area contributed by atoms with E-state index in [1.165, 1.54) is 0 Å². The number of carbonyl (C=O) groups is 3. The molecule has 2 atom stereocenters. The minimum atomic E-state index is -0.988. The number of ether oxygens (including phenoxy) is 2. The van der Waals surface area contributed by atoms with Crippen LogP contribution in [0.2, 0.25) is 0 Å². The molecular weight excluding hydrogens is 340 g/mol. The molecule has 2 aliphatic rings. The van der Waals surface area contributed by atoms with E-state index >= 15 is 0 Å². The van der Waals surface area contributed by atoms with E-state index < -0.39 is 17.4 Å². The molecule has 8 heteroatoms. The fraction of sp³-hybridized carbons (Fsp3) is 0.500. The Morgan fingerprint density at radius 2 is 2.12 bits per heavy atom. The lowest BCUT2D eigenvalue weighted by molar-refractivity contribution is -0.139. The molecule has 2 amide bonds. The van der Waals surface area contributed by atoms with E-state index in [9.17, 15) is 14.4 Å². The van der Waals surface area contributed by atoms with Crippen molar-refractivity contribution in [3.05, 3.63) is 24.3 Å². The first kappa shape index (κ1) is 18.2. The zero-order valence-corrected chi connectivity index (χ0v) is 14.6. The fourth-order valence-corrected chi connectivity index (χ4v) is 3.44. The van der Waals surface area contributed by atoms with Crippen LogP contribution in [-0.4, -0.2) is 55.3 Å². The Morgan fingerprint density at radius 3 is 2.69 bits per heavy atom. The Hall–Kier alpha value is -2.61. The van der Waals surface area contributed by atoms with Gasteiger partial charge in [-0.2, -0.15) is 0 Å². The van der Waals surface area contributed by atoms with E-state index in [0.29, 0.717) is 24.5 Å². The second-order valence-corrected chi connectivity index (χ2v) is 6.75. The van der Waals surface area contributed by atoms with Crippen LogP contribution in [0.25, 0.3) is 0 Å². The molecule has 3 rings (SSSR count). The summed E-state index contributed by atoms with van der Waals surface area (Å²) in [5.41, 5.74) is -0.185. The van der Waals surface area contributed by atoms with Crippen LogP contribution in [0.1, 0.15) is 19.3 Å². The van der Waals surface area contributed by atoms with Crippen molar-refractivity contribution in [2.45, 2.75) is 24.8 Å². The monoisotopic (exact) mass is 362 g/mol. The number of rotatable bonds is 6. The average Bonchev–Trinajstić information content (AvgIpc) is 3.21. The molecule has 26 heavy (non-hydrogen) atoms. The number of carbonyl (C=O) groups excluding carboxylic acids is 2. The van der Waals surface area contributed by atoms with E-state index in [-0.39, 0.29) is 37.8 Å². The van der Waals surface area contributed by atoms with Gasteiger partial charge in [-0.3, -0.25) is 14.4 Å². The maximum absolute atomic E-state index is 12.7. The van der Waals surface area contributed by atoms with Crippen LogP contribution < -0.4 is 15.0 Å². The third-order valence-corrected chi connectivity index (χ3v) is 4.86. The van der Waals surface area contributed by atoms with Gasteiger partial charge >= 0.3 is 5.97 Å². The number of methoxy groups -OCH3 is 1. The lowest BCUT2D eigenvalue weighted by Gasteiger charge is -2.28. The van der Waals surface area contributed by atoms with Gasteiger partial charge in [0.15, 0.2) is 0 Å². The van der Waals surface area contributed by atoms with Crippen molar-refractivity contribution in [2.24, 2.45) is 5.92 Å². The van der Waals surface area contributed by atoms with Crippen LogP contribution >= 0.6 is 0 Å². The summed E-state index contributed by atoms with van der Waals surface area (Å²) >= 11 is 0. The summed E-state index contributed by atoms with van der Waals surface area (Å²) < 4.78 is 10.4. The average molecular weight is 362 g/mol. The zero-order chi connectivity index (χ0) is 18.7. The summed E-state index contributed by atoms with van der Waals surface area (Å²) in [6, 6.07) is 7.06. The highest BCUT2D eigenvalue weighted by atomic mass is 16.5. The number of amides is 2. The molecule has 0 aliphatic carbocycles. The van der Waals surface area contributed by atoms with Gasteiger partial charge in [0.05, 0.1) is 31.6 Å². The number of hydrogen-bond acceptors (Lipinski definition) is 5. The Balaban J connectivity index is 1.67. The van der Waals surface area contributed by atoms with Crippen LogP contribution in [0.4, 0.5) is 5.69 Å². The number of aliphatic carboxylic acids is 1. The number of hydrogen-bond donors (Lipinski definition) is 2. The highest BCUT2D eigenvalue weighted by Gasteiger charge is 2.42. The van der Waals surface area contributed by atoms with Crippen molar-refractivity contribution < 1.29 is 29.0 Å². The van der Waals surface area contributed by atoms with Crippen molar-refractivity contribution >= 4 is 23.5 Å². The molecule has 8 nitrogen and oxygen atoms in total. The quantitative estimate of drug-likeness (QED) is 0.775. The SMILES string of the molecule is COc1ccc(N2CC(C(=O)NC3(CC(=O)O)CCOC3)CC2=O)cc1. The van der Waals surface area contributed by atoms with Gasteiger partial charge in [-0.05, 0) is 30.7 Å². The Bertz CT molecular complexity index is 696. The first-order valence-corrected chi connectivity index (χ1v) is 8.48. The molecule has 1 aromatic carbocycles. The predicted molar refractivity (Wildman–Crippen MR) is 92.0 cm³/mol. The third kappa shape index (κ3) is 3.80. The highest BCUT2D eigenvalue weighted by Crippen LogP contribution is 2.29. The van der Waals surface area contributed by atoms with E-state index in [2.05, 4.69) is 5.32 Å². The summed E-state index contributed by atoms with van der Waals surface area (Å²) in [7, 11) is 1.57. The summed E-state index contributed by atoms with van der Waals surface area (Å²) in [6.45, 7) is 0.851. The minimum Gasteiger partial charge on any atom is -0.497 e. The van der Waals surface area contributed by atoms with Gasteiger partial charge in [-0.25, -0.2) is 0 Å². The minimum absolute atomic E-state index is 0.0991. The molecule has 0 bridgehead atoms. The van der Waals surface area contributed by atoms with Crippen molar-refractivity contribution in [2.75, 3.05) is 31.8 Å². The van der Waals surface area contributed by atoms with E-state index in [1.54, 1.807) is 36.3 Å². The van der Waals surface area contributed by atoms with Gasteiger partial charge < -0.3 is 24.8 Å². The zero-order valence-electron chi connectivity index (χ0n) is 14.6. The maximum atomic E-state index is 12.7. The van der Waals surface area contributed by atoms with Crippen molar-refractivity contribution in [3.8, 4) is 5.75 Å². The smallest absolute Gasteiger partial charge is 0.305 e. The van der Waals surface area contributed by atoms with E-state index in [1.807, 2.05) is 0 Å². The second kappa shape index (κ2) is 7.33. The highest BCUT2D eigenvalue weighted by molar-refractivity contribution is 6.00. The fourth-order valence-electron chi connectivity index (χ4n) is 3.44. The molecule has 1 aromatic rings. The molecule has 2 N–H and O–H groups in total. The molecule has 2 saturated heterocycles. The van der Waals surface area contributed by atoms with Gasteiger partial charge in [-0.15, -0.1) is 0 Å². The summed E-state index contributed by atoms with van der Waals surface area (Å²) in [4.78, 5) is 37.7. The second-order valence-electron chi connectivity index (χ2n) is 6.75. The molecule has 0 saturated carbocycles. The number of carboxylic acid groups (broad SMARTS) is 1. The first-order valence-electron chi connectivity index (χ1n) is 8.48.